The second-order valence-electron chi connectivity index (χ2n) is 5.07. The van der Waals surface area contributed by atoms with Gasteiger partial charge in [0.1, 0.15) is 11.5 Å². The van der Waals surface area contributed by atoms with Crippen LogP contribution in [-0.4, -0.2) is 21.8 Å². The molecule has 1 N–H and O–H groups in total. The summed E-state index contributed by atoms with van der Waals surface area (Å²) in [4.78, 5) is 35.6. The van der Waals surface area contributed by atoms with Crippen molar-refractivity contribution >= 4 is 55.6 Å². The number of carbonyl (C=O) groups is 2. The molecule has 0 spiro atoms. The Bertz CT molecular complexity index is 885. The molecule has 3 amide bonds. The van der Waals surface area contributed by atoms with Gasteiger partial charge in [0.25, 0.3) is 11.6 Å². The van der Waals surface area contributed by atoms with Crippen molar-refractivity contribution < 1.29 is 18.9 Å². The van der Waals surface area contributed by atoms with Crippen molar-refractivity contribution in [1.29, 1.82) is 0 Å². The van der Waals surface area contributed by atoms with Gasteiger partial charge in [0.2, 0.25) is 0 Å². The predicted octanol–water partition coefficient (Wildman–Crippen LogP) is 3.81. The van der Waals surface area contributed by atoms with Gasteiger partial charge < -0.3 is 9.73 Å². The Morgan fingerprint density at radius 2 is 1.92 bits per heavy atom. The molecule has 1 aliphatic heterocycles. The number of benzene rings is 1. The topological polar surface area (TPSA) is 106 Å². The van der Waals surface area contributed by atoms with Crippen LogP contribution in [0.5, 0.6) is 0 Å². The number of nitro benzene ring substituents is 1. The van der Waals surface area contributed by atoms with Gasteiger partial charge in [-0.1, -0.05) is 12.1 Å². The minimum atomic E-state index is -0.570. The van der Waals surface area contributed by atoms with Gasteiger partial charge in [-0.2, -0.15) is 0 Å². The van der Waals surface area contributed by atoms with Crippen molar-refractivity contribution in [2.75, 3.05) is 0 Å². The third-order valence-corrected chi connectivity index (χ3v) is 5.11. The quantitative estimate of drug-likeness (QED) is 0.316. The molecule has 25 heavy (non-hydrogen) atoms. The summed E-state index contributed by atoms with van der Waals surface area (Å²) in [6, 6.07) is 6.72. The first-order valence-corrected chi connectivity index (χ1v) is 8.46. The zero-order valence-corrected chi connectivity index (χ0v) is 15.5. The molecule has 1 saturated heterocycles. The van der Waals surface area contributed by atoms with Crippen molar-refractivity contribution in [3.63, 3.8) is 0 Å². The van der Waals surface area contributed by atoms with Crippen molar-refractivity contribution in [1.82, 2.24) is 10.2 Å². The number of non-ortho nitro benzene ring substituents is 1. The number of nitrogens with one attached hydrogen (secondary N) is 1. The maximum atomic E-state index is 12.4. The Kier molecular flexibility index (Phi) is 4.73. The Morgan fingerprint density at radius 1 is 1.24 bits per heavy atom. The average molecular weight is 471 g/mol. The summed E-state index contributed by atoms with van der Waals surface area (Å²) in [6.45, 7) is 0.00550. The standard InChI is InChI=1S/C15H9Br2N3O5/c16-11-5-10(25-13(11)17)6-12-14(21)19(15(22)18-12)7-8-1-3-9(4-2-8)20(23)24/h1-6H,7H2,(H,18,22)/b12-6-. The summed E-state index contributed by atoms with van der Waals surface area (Å²) in [5.41, 5.74) is 0.620. The molecular formula is C15H9Br2N3O5. The van der Waals surface area contributed by atoms with E-state index in [0.29, 0.717) is 20.5 Å². The Labute approximate surface area is 157 Å². The summed E-state index contributed by atoms with van der Waals surface area (Å²) in [5, 5.41) is 13.1. The molecule has 1 aromatic heterocycles. The summed E-state index contributed by atoms with van der Waals surface area (Å²) < 4.78 is 6.51. The molecular weight excluding hydrogens is 462 g/mol. The maximum absolute atomic E-state index is 12.4. The molecule has 0 aliphatic carbocycles. The molecule has 0 saturated carbocycles. The lowest BCUT2D eigenvalue weighted by molar-refractivity contribution is -0.384. The molecule has 2 aromatic rings. The lowest BCUT2D eigenvalue weighted by Crippen LogP contribution is -2.30. The summed E-state index contributed by atoms with van der Waals surface area (Å²) in [5.74, 6) is -0.119. The van der Waals surface area contributed by atoms with Crippen LogP contribution in [0.25, 0.3) is 6.08 Å². The number of urea groups is 1. The van der Waals surface area contributed by atoms with Crippen LogP contribution in [0.1, 0.15) is 11.3 Å². The summed E-state index contributed by atoms with van der Waals surface area (Å²) in [7, 11) is 0. The van der Waals surface area contributed by atoms with E-state index in [-0.39, 0.29) is 17.9 Å². The SMILES string of the molecule is O=C1N/C(=C\c2cc(Br)c(Br)o2)C(=O)N1Cc1ccc([N+](=O)[O-])cc1. The van der Waals surface area contributed by atoms with Gasteiger partial charge in [0.15, 0.2) is 4.67 Å². The number of nitro groups is 1. The van der Waals surface area contributed by atoms with Gasteiger partial charge in [0, 0.05) is 18.2 Å². The summed E-state index contributed by atoms with van der Waals surface area (Å²) >= 11 is 6.46. The van der Waals surface area contributed by atoms with Crippen LogP contribution in [0.15, 0.2) is 49.6 Å². The van der Waals surface area contributed by atoms with Crippen molar-refractivity contribution in [2.45, 2.75) is 6.54 Å². The largest absolute Gasteiger partial charge is 0.449 e. The molecule has 0 unspecified atom stereocenters. The fourth-order valence-corrected chi connectivity index (χ4v) is 2.81. The van der Waals surface area contributed by atoms with Crippen LogP contribution < -0.4 is 5.32 Å². The third kappa shape index (κ3) is 3.64. The third-order valence-electron chi connectivity index (χ3n) is 3.40. The Hall–Kier alpha value is -2.46. The van der Waals surface area contributed by atoms with Gasteiger partial charge in [-0.15, -0.1) is 0 Å². The number of carbonyl (C=O) groups excluding carboxylic acids is 2. The van der Waals surface area contributed by atoms with Crippen LogP contribution in [0.3, 0.4) is 0 Å². The first-order valence-electron chi connectivity index (χ1n) is 6.88. The molecule has 2 heterocycles. The second kappa shape index (κ2) is 6.81. The molecule has 3 rings (SSSR count). The predicted molar refractivity (Wildman–Crippen MR) is 94.3 cm³/mol. The fourth-order valence-electron chi connectivity index (χ4n) is 2.20. The van der Waals surface area contributed by atoms with E-state index in [2.05, 4.69) is 37.2 Å². The van der Waals surface area contributed by atoms with E-state index in [4.69, 9.17) is 4.42 Å². The number of hydrogen-bond donors (Lipinski definition) is 1. The molecule has 0 radical (unpaired) electrons. The number of imide groups is 1. The van der Waals surface area contributed by atoms with Gasteiger partial charge in [-0.05, 0) is 43.5 Å². The average Bonchev–Trinajstić information content (AvgIpc) is 3.01. The molecule has 0 atom stereocenters. The van der Waals surface area contributed by atoms with E-state index in [1.807, 2.05) is 0 Å². The monoisotopic (exact) mass is 469 g/mol. The highest BCUT2D eigenvalue weighted by Gasteiger charge is 2.33. The van der Waals surface area contributed by atoms with Crippen molar-refractivity contribution in [2.24, 2.45) is 0 Å². The van der Waals surface area contributed by atoms with Gasteiger partial charge in [-0.25, -0.2) is 4.79 Å². The normalized spacial score (nSPS) is 15.8. The molecule has 1 fully saturated rings. The Balaban J connectivity index is 1.78. The first-order chi connectivity index (χ1) is 11.8. The van der Waals surface area contributed by atoms with Gasteiger partial charge in [0.05, 0.1) is 15.9 Å². The minimum absolute atomic E-state index is 0.00550. The zero-order valence-electron chi connectivity index (χ0n) is 12.4. The highest BCUT2D eigenvalue weighted by molar-refractivity contribution is 9.13. The first kappa shape index (κ1) is 17.4. The van der Waals surface area contributed by atoms with E-state index in [1.165, 1.54) is 30.3 Å². The lowest BCUT2D eigenvalue weighted by atomic mass is 10.2. The number of halogens is 2. The van der Waals surface area contributed by atoms with Crippen LogP contribution in [-0.2, 0) is 11.3 Å². The molecule has 10 heteroatoms. The number of furan rings is 1. The molecule has 128 valence electrons. The number of amides is 3. The smallest absolute Gasteiger partial charge is 0.329 e. The van der Waals surface area contributed by atoms with E-state index < -0.39 is 16.9 Å². The highest BCUT2D eigenvalue weighted by atomic mass is 79.9. The summed E-state index contributed by atoms with van der Waals surface area (Å²) in [6.07, 6.45) is 1.42. The molecule has 0 bridgehead atoms. The Morgan fingerprint density at radius 3 is 2.48 bits per heavy atom. The molecule has 8 nitrogen and oxygen atoms in total. The highest BCUT2D eigenvalue weighted by Crippen LogP contribution is 2.28. The van der Waals surface area contributed by atoms with Crippen LogP contribution in [0, 0.1) is 10.1 Å². The van der Waals surface area contributed by atoms with Crippen molar-refractivity contribution in [3.05, 3.63) is 66.6 Å². The second-order valence-corrected chi connectivity index (χ2v) is 6.65. The zero-order chi connectivity index (χ0) is 18.1. The molecule has 1 aromatic carbocycles. The van der Waals surface area contributed by atoms with Crippen LogP contribution in [0.2, 0.25) is 0 Å². The fraction of sp³-hybridized carbons (Fsp3) is 0.0667. The number of rotatable bonds is 4. The molecule has 1 aliphatic rings. The lowest BCUT2D eigenvalue weighted by Gasteiger charge is -2.11. The maximum Gasteiger partial charge on any atom is 0.329 e. The van der Waals surface area contributed by atoms with Crippen molar-refractivity contribution in [3.8, 4) is 0 Å². The van der Waals surface area contributed by atoms with E-state index in [1.54, 1.807) is 6.07 Å². The van der Waals surface area contributed by atoms with Gasteiger partial charge in [-0.3, -0.25) is 19.8 Å². The number of nitrogens with zero attached hydrogens (tertiary/aromatic N) is 2. The number of hydrogen-bond acceptors (Lipinski definition) is 5. The minimum Gasteiger partial charge on any atom is -0.449 e. The van der Waals surface area contributed by atoms with E-state index >= 15 is 0 Å². The van der Waals surface area contributed by atoms with E-state index in [9.17, 15) is 19.7 Å². The van der Waals surface area contributed by atoms with Crippen LogP contribution in [0.4, 0.5) is 10.5 Å². The van der Waals surface area contributed by atoms with Crippen LogP contribution >= 0.6 is 31.9 Å². The van der Waals surface area contributed by atoms with E-state index in [0.717, 1.165) is 4.90 Å². The van der Waals surface area contributed by atoms with Gasteiger partial charge >= 0.3 is 6.03 Å².